The largest absolute Gasteiger partial charge is 0.396 e. The van der Waals surface area contributed by atoms with Gasteiger partial charge in [0.05, 0.1) is 10.7 Å². The van der Waals surface area contributed by atoms with Crippen molar-refractivity contribution in [2.75, 3.05) is 5.73 Å². The molecule has 21 heavy (non-hydrogen) atoms. The van der Waals surface area contributed by atoms with E-state index in [4.69, 9.17) is 40.5 Å². The Morgan fingerprint density at radius 2 is 2.10 bits per heavy atom. The first-order valence-corrected chi connectivity index (χ1v) is 7.69. The van der Waals surface area contributed by atoms with Gasteiger partial charge in [0, 0.05) is 5.71 Å². The van der Waals surface area contributed by atoms with Gasteiger partial charge >= 0.3 is 0 Å². The molecule has 3 N–H and O–H groups in total. The number of anilines is 1. The van der Waals surface area contributed by atoms with E-state index < -0.39 is 5.91 Å². The first kappa shape index (κ1) is 16.3. The summed E-state index contributed by atoms with van der Waals surface area (Å²) in [4.78, 5) is 15.9. The molecule has 1 aliphatic carbocycles. The molecule has 1 fully saturated rings. The van der Waals surface area contributed by atoms with E-state index in [9.17, 15) is 4.79 Å². The molecule has 1 aliphatic rings. The number of pyridine rings is 1. The minimum atomic E-state index is -0.559. The van der Waals surface area contributed by atoms with Crippen LogP contribution in [0.5, 0.6) is 0 Å². The molecular formula is C13H15Cl3N4O. The van der Waals surface area contributed by atoms with Gasteiger partial charge in [-0.25, -0.2) is 10.4 Å². The fourth-order valence-corrected chi connectivity index (χ4v) is 2.82. The number of amides is 1. The molecule has 0 aromatic carbocycles. The van der Waals surface area contributed by atoms with Crippen LogP contribution in [0.15, 0.2) is 5.10 Å². The molecule has 5 nitrogen and oxygen atoms in total. The van der Waals surface area contributed by atoms with Crippen molar-refractivity contribution in [2.24, 2.45) is 11.0 Å². The van der Waals surface area contributed by atoms with Crippen LogP contribution in [-0.4, -0.2) is 16.6 Å². The molecule has 0 spiro atoms. The van der Waals surface area contributed by atoms with Crippen LogP contribution in [0.3, 0.4) is 0 Å². The van der Waals surface area contributed by atoms with Crippen LogP contribution < -0.4 is 11.2 Å². The average molecular weight is 350 g/mol. The minimum Gasteiger partial charge on any atom is -0.396 e. The Balaban J connectivity index is 2.16. The van der Waals surface area contributed by atoms with Crippen molar-refractivity contribution in [3.8, 4) is 0 Å². The van der Waals surface area contributed by atoms with Crippen LogP contribution in [0.1, 0.15) is 43.1 Å². The third kappa shape index (κ3) is 3.78. The lowest BCUT2D eigenvalue weighted by Gasteiger charge is -2.19. The zero-order chi connectivity index (χ0) is 15.6. The van der Waals surface area contributed by atoms with Gasteiger partial charge in [0.1, 0.15) is 5.02 Å². The van der Waals surface area contributed by atoms with Gasteiger partial charge in [-0.3, -0.25) is 4.79 Å². The molecule has 1 saturated carbocycles. The maximum atomic E-state index is 12.1. The zero-order valence-electron chi connectivity index (χ0n) is 11.4. The van der Waals surface area contributed by atoms with Gasteiger partial charge in [-0.1, -0.05) is 41.7 Å². The lowest BCUT2D eigenvalue weighted by molar-refractivity contribution is 0.0949. The second-order valence-electron chi connectivity index (χ2n) is 5.11. The summed E-state index contributed by atoms with van der Waals surface area (Å²) in [7, 11) is 0. The first-order valence-electron chi connectivity index (χ1n) is 6.56. The quantitative estimate of drug-likeness (QED) is 0.627. The fraction of sp³-hybridized carbons (Fsp3) is 0.462. The zero-order valence-corrected chi connectivity index (χ0v) is 13.7. The summed E-state index contributed by atoms with van der Waals surface area (Å²) in [5.74, 6) is 0.0210. The van der Waals surface area contributed by atoms with E-state index in [1.807, 2.05) is 0 Å². The molecule has 0 bridgehead atoms. The Bertz CT molecular complexity index is 604. The summed E-state index contributed by atoms with van der Waals surface area (Å²) >= 11 is 17.6. The van der Waals surface area contributed by atoms with Crippen LogP contribution in [0.4, 0.5) is 5.69 Å². The average Bonchev–Trinajstić information content (AvgIpc) is 2.46. The summed E-state index contributed by atoms with van der Waals surface area (Å²) < 4.78 is 0. The van der Waals surface area contributed by atoms with Crippen LogP contribution >= 0.6 is 34.8 Å². The number of carbonyl (C=O) groups excluding carboxylic acids is 1. The van der Waals surface area contributed by atoms with Gasteiger partial charge in [-0.15, -0.1) is 0 Å². The van der Waals surface area contributed by atoms with Gasteiger partial charge in [-0.05, 0) is 31.6 Å². The van der Waals surface area contributed by atoms with Crippen molar-refractivity contribution in [3.05, 3.63) is 20.9 Å². The van der Waals surface area contributed by atoms with E-state index in [1.54, 1.807) is 0 Å². The topological polar surface area (TPSA) is 80.4 Å². The molecule has 1 aromatic heterocycles. The van der Waals surface area contributed by atoms with Crippen molar-refractivity contribution < 1.29 is 4.79 Å². The van der Waals surface area contributed by atoms with Crippen molar-refractivity contribution in [2.45, 2.75) is 32.6 Å². The molecule has 1 aromatic rings. The van der Waals surface area contributed by atoms with Gasteiger partial charge < -0.3 is 5.73 Å². The standard InChI is InChI=1S/C13H15Cl3N4O/c1-6-3-2-4-7(5-6)19-20-13(21)11-8(14)10(17)9(15)12(16)18-11/h6H,2-5H2,1H3,(H2,17,18)(H,20,21)/b19-7-/t6-/m0/s1. The van der Waals surface area contributed by atoms with Gasteiger partial charge in [0.2, 0.25) is 0 Å². The van der Waals surface area contributed by atoms with Crippen LogP contribution in [-0.2, 0) is 0 Å². The highest BCUT2D eigenvalue weighted by atomic mass is 35.5. The maximum Gasteiger partial charge on any atom is 0.291 e. The highest BCUT2D eigenvalue weighted by molar-refractivity contribution is 6.46. The van der Waals surface area contributed by atoms with Crippen molar-refractivity contribution >= 4 is 52.1 Å². The Hall–Kier alpha value is -1.04. The number of hydrogen-bond acceptors (Lipinski definition) is 4. The highest BCUT2D eigenvalue weighted by Crippen LogP contribution is 2.34. The smallest absolute Gasteiger partial charge is 0.291 e. The van der Waals surface area contributed by atoms with Crippen LogP contribution in [0.25, 0.3) is 0 Å². The predicted molar refractivity (Wildman–Crippen MR) is 86.2 cm³/mol. The third-order valence-electron chi connectivity index (χ3n) is 3.35. The van der Waals surface area contributed by atoms with E-state index in [2.05, 4.69) is 22.4 Å². The van der Waals surface area contributed by atoms with Gasteiger partial charge in [-0.2, -0.15) is 5.10 Å². The summed E-state index contributed by atoms with van der Waals surface area (Å²) in [5.41, 5.74) is 9.03. The predicted octanol–water partition coefficient (Wildman–Crippen LogP) is 3.92. The van der Waals surface area contributed by atoms with Gasteiger partial charge in [0.15, 0.2) is 10.8 Å². The van der Waals surface area contributed by atoms with Gasteiger partial charge in [0.25, 0.3) is 5.91 Å². The summed E-state index contributed by atoms with van der Waals surface area (Å²) in [6, 6.07) is 0. The number of rotatable bonds is 2. The first-order chi connectivity index (χ1) is 9.90. The van der Waals surface area contributed by atoms with Crippen molar-refractivity contribution in [1.29, 1.82) is 0 Å². The number of nitrogen functional groups attached to an aromatic ring is 1. The number of halogens is 3. The summed E-state index contributed by atoms with van der Waals surface area (Å²) in [5, 5.41) is 4.07. The molecule has 0 saturated heterocycles. The Morgan fingerprint density at radius 1 is 1.38 bits per heavy atom. The van der Waals surface area contributed by atoms with E-state index in [0.29, 0.717) is 5.92 Å². The van der Waals surface area contributed by atoms with Crippen molar-refractivity contribution in [3.63, 3.8) is 0 Å². The van der Waals surface area contributed by atoms with E-state index in [1.165, 1.54) is 6.42 Å². The maximum absolute atomic E-state index is 12.1. The van der Waals surface area contributed by atoms with E-state index in [0.717, 1.165) is 25.0 Å². The van der Waals surface area contributed by atoms with Crippen LogP contribution in [0.2, 0.25) is 15.2 Å². The second-order valence-corrected chi connectivity index (χ2v) is 6.23. The van der Waals surface area contributed by atoms with E-state index in [-0.39, 0.29) is 26.6 Å². The molecule has 114 valence electrons. The van der Waals surface area contributed by atoms with Crippen molar-refractivity contribution in [1.82, 2.24) is 10.4 Å². The van der Waals surface area contributed by atoms with Crippen LogP contribution in [0, 0.1) is 5.92 Å². The van der Waals surface area contributed by atoms with E-state index >= 15 is 0 Å². The number of nitrogens with zero attached hydrogens (tertiary/aromatic N) is 2. The number of aromatic nitrogens is 1. The Kier molecular flexibility index (Phi) is 5.30. The molecule has 8 heteroatoms. The number of hydrazone groups is 1. The molecule has 0 unspecified atom stereocenters. The Morgan fingerprint density at radius 3 is 2.76 bits per heavy atom. The number of nitrogens with one attached hydrogen (secondary N) is 1. The normalized spacial score (nSPS) is 20.6. The lowest BCUT2D eigenvalue weighted by Crippen LogP contribution is -2.23. The highest BCUT2D eigenvalue weighted by Gasteiger charge is 2.20. The SMILES string of the molecule is C[C@H]1CCC/C(=N/NC(=O)c2nc(Cl)c(Cl)c(N)c2Cl)C1. The minimum absolute atomic E-state index is 0.0286. The lowest BCUT2D eigenvalue weighted by atomic mass is 9.89. The Labute approximate surface area is 137 Å². The third-order valence-corrected chi connectivity index (χ3v) is 4.48. The molecule has 1 heterocycles. The number of nitrogens with two attached hydrogens (primary N) is 1. The monoisotopic (exact) mass is 348 g/mol. The summed E-state index contributed by atoms with van der Waals surface area (Å²) in [6.45, 7) is 2.16. The molecule has 2 rings (SSSR count). The number of hydrogen-bond donors (Lipinski definition) is 2. The molecule has 1 amide bonds. The fourth-order valence-electron chi connectivity index (χ4n) is 2.23. The number of carbonyl (C=O) groups is 1. The molecule has 0 radical (unpaired) electrons. The molecule has 1 atom stereocenters. The second kappa shape index (κ2) is 6.81. The molecular weight excluding hydrogens is 335 g/mol. The summed E-state index contributed by atoms with van der Waals surface area (Å²) in [6.07, 6.45) is 4.03. The molecule has 0 aliphatic heterocycles.